The lowest BCUT2D eigenvalue weighted by molar-refractivity contribution is -0.184. The Labute approximate surface area is 135 Å². The molecule has 2 unspecified atom stereocenters. The average molecular weight is 338 g/mol. The summed E-state index contributed by atoms with van der Waals surface area (Å²) in [5, 5.41) is 27.0. The predicted molar refractivity (Wildman–Crippen MR) is 77.8 cm³/mol. The molecule has 0 aliphatic heterocycles. The molecule has 0 saturated carbocycles. The number of hydrogen-bond donors (Lipinski definition) is 3. The molecule has 0 saturated heterocycles. The van der Waals surface area contributed by atoms with Crippen molar-refractivity contribution in [1.82, 2.24) is 0 Å². The van der Waals surface area contributed by atoms with E-state index in [0.717, 1.165) is 13.0 Å². The van der Waals surface area contributed by atoms with Crippen molar-refractivity contribution in [1.29, 1.82) is 0 Å². The van der Waals surface area contributed by atoms with Gasteiger partial charge in [0.15, 0.2) is 0 Å². The lowest BCUT2D eigenvalue weighted by atomic mass is 10.2. The minimum absolute atomic E-state index is 0.0198. The Morgan fingerprint density at radius 3 is 1.92 bits per heavy atom. The van der Waals surface area contributed by atoms with Gasteiger partial charge in [-0.05, 0) is 23.8 Å². The third-order valence-corrected chi connectivity index (χ3v) is 2.60. The van der Waals surface area contributed by atoms with Crippen molar-refractivity contribution in [2.24, 2.45) is 0 Å². The Kier molecular flexibility index (Phi) is 6.48. The number of phenolic OH excluding ortho intramolecular Hbond substituents is 1. The summed E-state index contributed by atoms with van der Waals surface area (Å²) in [4.78, 5) is 44.6. The van der Waals surface area contributed by atoms with Crippen LogP contribution in [0, 0.1) is 0 Å². The summed E-state index contributed by atoms with van der Waals surface area (Å²) in [5.41, 5.74) is 0.506. The van der Waals surface area contributed by atoms with Gasteiger partial charge >= 0.3 is 23.9 Å². The zero-order valence-electron chi connectivity index (χ0n) is 12.4. The molecule has 0 heterocycles. The number of carbonyl (C=O) groups is 4. The molecule has 0 aliphatic rings. The Bertz CT molecular complexity index is 660. The number of hydrogen-bond acceptors (Lipinski definition) is 7. The third-order valence-electron chi connectivity index (χ3n) is 2.60. The van der Waals surface area contributed by atoms with Crippen LogP contribution in [0.1, 0.15) is 12.5 Å². The quantitative estimate of drug-likeness (QED) is 0.475. The number of aromatic hydroxyl groups is 1. The first-order valence-electron chi connectivity index (χ1n) is 6.51. The number of ether oxygens (including phenoxy) is 2. The molecular formula is C15H14O9. The number of benzene rings is 1. The van der Waals surface area contributed by atoms with E-state index in [2.05, 4.69) is 9.47 Å². The second-order valence-corrected chi connectivity index (χ2v) is 4.49. The molecule has 9 heteroatoms. The van der Waals surface area contributed by atoms with Crippen molar-refractivity contribution in [3.8, 4) is 5.75 Å². The van der Waals surface area contributed by atoms with Gasteiger partial charge in [0, 0.05) is 13.0 Å². The molecule has 0 aromatic heterocycles. The van der Waals surface area contributed by atoms with Gasteiger partial charge in [-0.1, -0.05) is 12.1 Å². The molecule has 1 aromatic carbocycles. The largest absolute Gasteiger partial charge is 0.508 e. The van der Waals surface area contributed by atoms with Crippen LogP contribution in [0.2, 0.25) is 0 Å². The molecule has 0 spiro atoms. The van der Waals surface area contributed by atoms with E-state index in [1.165, 1.54) is 30.3 Å². The molecule has 1 aromatic rings. The van der Waals surface area contributed by atoms with Gasteiger partial charge in [0.1, 0.15) is 5.75 Å². The second kappa shape index (κ2) is 8.32. The highest BCUT2D eigenvalue weighted by Gasteiger charge is 2.39. The predicted octanol–water partition coefficient (Wildman–Crippen LogP) is 0.418. The number of esters is 2. The second-order valence-electron chi connectivity index (χ2n) is 4.49. The molecule has 0 fully saturated rings. The summed E-state index contributed by atoms with van der Waals surface area (Å²) in [6.45, 7) is 0.890. The van der Waals surface area contributed by atoms with E-state index in [1.807, 2.05) is 0 Å². The minimum atomic E-state index is -2.21. The number of carboxylic acids is 2. The molecule has 128 valence electrons. The van der Waals surface area contributed by atoms with E-state index < -0.39 is 36.1 Å². The molecule has 9 nitrogen and oxygen atoms in total. The van der Waals surface area contributed by atoms with Gasteiger partial charge in [0.25, 0.3) is 0 Å². The first-order valence-corrected chi connectivity index (χ1v) is 6.51. The number of carboxylic acid groups (broad SMARTS) is 2. The summed E-state index contributed by atoms with van der Waals surface area (Å²) < 4.78 is 8.91. The Morgan fingerprint density at radius 1 is 0.958 bits per heavy atom. The standard InChI is InChI=1S/C15H14O9/c1-8(16)23-12(14(19)20)13(15(21)22)24-11(18)7-4-9-2-5-10(17)6-3-9/h2-7,12-13,17H,1H3,(H,19,20)(H,21,22)/b7-4+. The molecule has 0 bridgehead atoms. The van der Waals surface area contributed by atoms with Gasteiger partial charge in [0.05, 0.1) is 0 Å². The van der Waals surface area contributed by atoms with Gasteiger partial charge in [-0.2, -0.15) is 0 Å². The van der Waals surface area contributed by atoms with Crippen LogP contribution < -0.4 is 0 Å². The average Bonchev–Trinajstić information content (AvgIpc) is 2.49. The zero-order valence-corrected chi connectivity index (χ0v) is 12.4. The summed E-state index contributed by atoms with van der Waals surface area (Å²) in [6, 6.07) is 5.69. The Hall–Kier alpha value is -3.36. The fourth-order valence-corrected chi connectivity index (χ4v) is 1.58. The topological polar surface area (TPSA) is 147 Å². The molecule has 0 aliphatic carbocycles. The monoisotopic (exact) mass is 338 g/mol. The van der Waals surface area contributed by atoms with E-state index in [4.69, 9.17) is 15.3 Å². The summed E-state index contributed by atoms with van der Waals surface area (Å²) in [5.74, 6) is -5.72. The van der Waals surface area contributed by atoms with Crippen LogP contribution in [-0.4, -0.2) is 51.4 Å². The summed E-state index contributed by atoms with van der Waals surface area (Å²) >= 11 is 0. The normalized spacial score (nSPS) is 13.0. The fraction of sp³-hybridized carbons (Fsp3) is 0.200. The molecule has 1 rings (SSSR count). The minimum Gasteiger partial charge on any atom is -0.508 e. The van der Waals surface area contributed by atoms with Crippen molar-refractivity contribution >= 4 is 30.0 Å². The van der Waals surface area contributed by atoms with Crippen molar-refractivity contribution in [2.75, 3.05) is 0 Å². The third kappa shape index (κ3) is 5.79. The van der Waals surface area contributed by atoms with Crippen LogP contribution in [0.5, 0.6) is 5.75 Å². The molecule has 0 radical (unpaired) electrons. The summed E-state index contributed by atoms with van der Waals surface area (Å²) in [6.07, 6.45) is -2.24. The van der Waals surface area contributed by atoms with Gasteiger partial charge in [-0.25, -0.2) is 14.4 Å². The maximum Gasteiger partial charge on any atom is 0.349 e. The van der Waals surface area contributed by atoms with Crippen LogP contribution in [0.3, 0.4) is 0 Å². The SMILES string of the molecule is CC(=O)OC(C(=O)O)C(OC(=O)/C=C/c1ccc(O)cc1)C(=O)O. The number of rotatable bonds is 7. The van der Waals surface area contributed by atoms with E-state index in [9.17, 15) is 19.2 Å². The number of carbonyl (C=O) groups excluding carboxylic acids is 2. The van der Waals surface area contributed by atoms with Gasteiger partial charge in [-0.15, -0.1) is 0 Å². The Balaban J connectivity index is 2.85. The first-order chi connectivity index (χ1) is 11.2. The first kappa shape index (κ1) is 18.7. The van der Waals surface area contributed by atoms with Crippen LogP contribution in [0.4, 0.5) is 0 Å². The van der Waals surface area contributed by atoms with Crippen molar-refractivity contribution in [3.63, 3.8) is 0 Å². The van der Waals surface area contributed by atoms with Gasteiger partial charge in [0.2, 0.25) is 12.2 Å². The van der Waals surface area contributed by atoms with Crippen LogP contribution in [-0.2, 0) is 28.7 Å². The van der Waals surface area contributed by atoms with E-state index in [-0.39, 0.29) is 5.75 Å². The lowest BCUT2D eigenvalue weighted by Gasteiger charge is -2.19. The number of aliphatic carboxylic acids is 2. The van der Waals surface area contributed by atoms with Gasteiger partial charge < -0.3 is 24.8 Å². The Morgan fingerprint density at radius 2 is 1.46 bits per heavy atom. The van der Waals surface area contributed by atoms with Crippen LogP contribution in [0.25, 0.3) is 6.08 Å². The van der Waals surface area contributed by atoms with Crippen molar-refractivity contribution in [2.45, 2.75) is 19.1 Å². The molecular weight excluding hydrogens is 324 g/mol. The van der Waals surface area contributed by atoms with E-state index in [1.54, 1.807) is 0 Å². The van der Waals surface area contributed by atoms with Crippen LogP contribution >= 0.6 is 0 Å². The summed E-state index contributed by atoms with van der Waals surface area (Å²) in [7, 11) is 0. The smallest absolute Gasteiger partial charge is 0.349 e. The van der Waals surface area contributed by atoms with Crippen molar-refractivity contribution in [3.05, 3.63) is 35.9 Å². The highest BCUT2D eigenvalue weighted by molar-refractivity contribution is 5.91. The molecule has 3 N–H and O–H groups in total. The van der Waals surface area contributed by atoms with E-state index in [0.29, 0.717) is 5.56 Å². The highest BCUT2D eigenvalue weighted by Crippen LogP contribution is 2.12. The number of phenols is 1. The zero-order chi connectivity index (χ0) is 18.3. The van der Waals surface area contributed by atoms with E-state index >= 15 is 0 Å². The maximum atomic E-state index is 11.7. The molecule has 0 amide bonds. The maximum absolute atomic E-state index is 11.7. The van der Waals surface area contributed by atoms with Crippen molar-refractivity contribution < 1.29 is 44.0 Å². The highest BCUT2D eigenvalue weighted by atomic mass is 16.6. The van der Waals surface area contributed by atoms with Crippen LogP contribution in [0.15, 0.2) is 30.3 Å². The lowest BCUT2D eigenvalue weighted by Crippen LogP contribution is -2.45. The molecule has 2 atom stereocenters. The fourth-order valence-electron chi connectivity index (χ4n) is 1.58. The molecule has 24 heavy (non-hydrogen) atoms. The van der Waals surface area contributed by atoms with Gasteiger partial charge in [-0.3, -0.25) is 4.79 Å².